The van der Waals surface area contributed by atoms with Crippen LogP contribution in [0.15, 0.2) is 24.7 Å². The van der Waals surface area contributed by atoms with Crippen molar-refractivity contribution < 1.29 is 18.7 Å². The Hall–Kier alpha value is -3.04. The maximum Gasteiger partial charge on any atom is 0.410 e. The number of nitrogens with zero attached hydrogens (tertiary/aromatic N) is 6. The lowest BCUT2D eigenvalue weighted by Gasteiger charge is -2.40. The van der Waals surface area contributed by atoms with Gasteiger partial charge in [-0.25, -0.2) is 19.2 Å². The number of aromatic nitrogens is 4. The summed E-state index contributed by atoms with van der Waals surface area (Å²) in [6, 6.07) is 2.85. The Morgan fingerprint density at radius 2 is 2.00 bits per heavy atom. The Kier molecular flexibility index (Phi) is 5.88. The first-order chi connectivity index (χ1) is 14.8. The first-order valence-corrected chi connectivity index (χ1v) is 10.6. The van der Waals surface area contributed by atoms with Gasteiger partial charge in [-0.1, -0.05) is 0 Å². The Morgan fingerprint density at radius 3 is 2.55 bits per heavy atom. The molecule has 0 bridgehead atoms. The van der Waals surface area contributed by atoms with Crippen molar-refractivity contribution in [2.45, 2.75) is 64.4 Å². The van der Waals surface area contributed by atoms with Crippen LogP contribution in [0.5, 0.6) is 0 Å². The molecule has 31 heavy (non-hydrogen) atoms. The number of likely N-dealkylation sites (tertiary alicyclic amines) is 1. The van der Waals surface area contributed by atoms with Crippen LogP contribution >= 0.6 is 0 Å². The number of carbonyl (C=O) groups is 2. The van der Waals surface area contributed by atoms with Crippen LogP contribution in [0.25, 0.3) is 5.82 Å². The quantitative estimate of drug-likeness (QED) is 0.724. The molecule has 2 fully saturated rings. The highest BCUT2D eigenvalue weighted by atomic mass is 19.1. The van der Waals surface area contributed by atoms with Crippen molar-refractivity contribution in [1.29, 1.82) is 0 Å². The van der Waals surface area contributed by atoms with Crippen molar-refractivity contribution >= 4 is 12.0 Å². The Balaban J connectivity index is 1.47. The molecule has 0 spiro atoms. The van der Waals surface area contributed by atoms with E-state index in [-0.39, 0.29) is 24.6 Å². The summed E-state index contributed by atoms with van der Waals surface area (Å²) in [5.41, 5.74) is 0.405. The third-order valence-corrected chi connectivity index (χ3v) is 5.56. The highest BCUT2D eigenvalue weighted by Gasteiger charge is 2.44. The van der Waals surface area contributed by atoms with E-state index in [9.17, 15) is 9.59 Å². The average Bonchev–Trinajstić information content (AvgIpc) is 3.48. The number of aryl methyl sites for hydroxylation is 1. The number of hydrogen-bond donors (Lipinski definition) is 0. The molecule has 0 radical (unpaired) electrons. The van der Waals surface area contributed by atoms with Gasteiger partial charge in [0.1, 0.15) is 18.3 Å². The second-order valence-corrected chi connectivity index (χ2v) is 8.32. The van der Waals surface area contributed by atoms with Gasteiger partial charge in [0.2, 0.25) is 0 Å². The fraction of sp³-hybridized carbons (Fsp3) is 0.571. The van der Waals surface area contributed by atoms with Gasteiger partial charge in [0.05, 0.1) is 24.3 Å². The molecule has 2 aromatic rings. The van der Waals surface area contributed by atoms with E-state index >= 15 is 4.39 Å². The zero-order valence-corrected chi connectivity index (χ0v) is 17.9. The van der Waals surface area contributed by atoms with E-state index in [1.165, 1.54) is 17.4 Å². The van der Waals surface area contributed by atoms with Crippen molar-refractivity contribution in [3.05, 3.63) is 36.0 Å². The molecule has 2 aromatic heterocycles. The molecule has 10 heteroatoms. The average molecular weight is 430 g/mol. The second kappa shape index (κ2) is 8.60. The molecule has 2 atom stereocenters. The summed E-state index contributed by atoms with van der Waals surface area (Å²) in [5.74, 6) is 1.02. The lowest BCUT2D eigenvalue weighted by molar-refractivity contribution is 0.0153. The summed E-state index contributed by atoms with van der Waals surface area (Å²) in [6.45, 7) is 5.61. The van der Waals surface area contributed by atoms with E-state index in [1.807, 2.05) is 6.92 Å². The summed E-state index contributed by atoms with van der Waals surface area (Å²) in [7, 11) is 0. The normalized spacial score (nSPS) is 21.3. The summed E-state index contributed by atoms with van der Waals surface area (Å²) < 4.78 is 21.9. The minimum atomic E-state index is -1.33. The standard InChI is InChI=1S/C21H27FN6O3/c1-13(2)31-21(30)26-9-8-18(17(22)11-26)27(16-5-6-16)20(29)15-4-7-19(23-10-15)28-14(3)24-12-25-28/h4,7,10,12-13,16-18H,5-6,8-9,11H2,1-3H3/t17-,18+/m0/s1. The molecule has 0 aromatic carbocycles. The SMILES string of the molecule is Cc1ncnn1-c1ccc(C(=O)N(C2CC2)[C@@H]2CCN(C(=O)OC(C)C)C[C@@H]2F)cn1. The predicted octanol–water partition coefficient (Wildman–Crippen LogP) is 2.53. The molecule has 2 amide bonds. The number of hydrogen-bond acceptors (Lipinski definition) is 6. The van der Waals surface area contributed by atoms with E-state index < -0.39 is 18.3 Å². The molecule has 0 N–H and O–H groups in total. The fourth-order valence-electron chi connectivity index (χ4n) is 3.90. The molecule has 166 valence electrons. The van der Waals surface area contributed by atoms with Gasteiger partial charge in [0.15, 0.2) is 5.82 Å². The minimum absolute atomic E-state index is 0.0298. The third kappa shape index (κ3) is 4.52. The summed E-state index contributed by atoms with van der Waals surface area (Å²) in [5, 5.41) is 4.11. The Labute approximate surface area is 180 Å². The highest BCUT2D eigenvalue weighted by Crippen LogP contribution is 2.34. The van der Waals surface area contributed by atoms with Gasteiger partial charge in [-0.05, 0) is 52.2 Å². The molecule has 3 heterocycles. The van der Waals surface area contributed by atoms with Crippen LogP contribution in [0.2, 0.25) is 0 Å². The lowest BCUT2D eigenvalue weighted by Crippen LogP contribution is -2.56. The Morgan fingerprint density at radius 1 is 1.23 bits per heavy atom. The molecule has 0 unspecified atom stereocenters. The summed E-state index contributed by atoms with van der Waals surface area (Å²) >= 11 is 0. The molecule has 9 nitrogen and oxygen atoms in total. The largest absolute Gasteiger partial charge is 0.447 e. The van der Waals surface area contributed by atoms with Gasteiger partial charge in [0.25, 0.3) is 5.91 Å². The fourth-order valence-corrected chi connectivity index (χ4v) is 3.90. The number of alkyl halides is 1. The lowest BCUT2D eigenvalue weighted by atomic mass is 10.00. The van der Waals surface area contributed by atoms with Crippen molar-refractivity contribution in [1.82, 2.24) is 29.5 Å². The van der Waals surface area contributed by atoms with E-state index in [1.54, 1.807) is 35.6 Å². The van der Waals surface area contributed by atoms with Crippen LogP contribution in [0.1, 0.15) is 49.3 Å². The molecule has 1 aliphatic carbocycles. The molecule has 2 aliphatic rings. The van der Waals surface area contributed by atoms with E-state index in [4.69, 9.17) is 4.74 Å². The molecular weight excluding hydrogens is 403 g/mol. The third-order valence-electron chi connectivity index (χ3n) is 5.56. The van der Waals surface area contributed by atoms with Crippen molar-refractivity contribution in [3.63, 3.8) is 0 Å². The van der Waals surface area contributed by atoms with Gasteiger partial charge in [0, 0.05) is 18.8 Å². The van der Waals surface area contributed by atoms with Crippen LogP contribution in [-0.2, 0) is 4.74 Å². The number of carbonyl (C=O) groups excluding carboxylic acids is 2. The van der Waals surface area contributed by atoms with E-state index in [2.05, 4.69) is 15.1 Å². The maximum atomic E-state index is 15.1. The maximum absolute atomic E-state index is 15.1. The van der Waals surface area contributed by atoms with Crippen LogP contribution in [0.3, 0.4) is 0 Å². The van der Waals surface area contributed by atoms with Gasteiger partial charge in [-0.2, -0.15) is 9.78 Å². The first-order valence-electron chi connectivity index (χ1n) is 10.6. The van der Waals surface area contributed by atoms with Crippen LogP contribution < -0.4 is 0 Å². The van der Waals surface area contributed by atoms with Gasteiger partial charge in [-0.15, -0.1) is 0 Å². The van der Waals surface area contributed by atoms with Crippen molar-refractivity contribution in [2.24, 2.45) is 0 Å². The van der Waals surface area contributed by atoms with E-state index in [0.29, 0.717) is 30.2 Å². The minimum Gasteiger partial charge on any atom is -0.447 e. The number of halogens is 1. The molecule has 4 rings (SSSR count). The number of amides is 2. The summed E-state index contributed by atoms with van der Waals surface area (Å²) in [6.07, 6.45) is 2.93. The zero-order chi connectivity index (χ0) is 22.1. The monoisotopic (exact) mass is 430 g/mol. The van der Waals surface area contributed by atoms with Crippen molar-refractivity contribution in [3.8, 4) is 5.82 Å². The first kappa shape index (κ1) is 21.2. The zero-order valence-electron chi connectivity index (χ0n) is 17.9. The van der Waals surface area contributed by atoms with Crippen LogP contribution in [-0.4, -0.2) is 79.0 Å². The molecule has 1 saturated heterocycles. The molecule has 1 aliphatic heterocycles. The van der Waals surface area contributed by atoms with Gasteiger partial charge in [-0.3, -0.25) is 4.79 Å². The Bertz CT molecular complexity index is 943. The number of ether oxygens (including phenoxy) is 1. The summed E-state index contributed by atoms with van der Waals surface area (Å²) in [4.78, 5) is 36.9. The van der Waals surface area contributed by atoms with Gasteiger partial charge >= 0.3 is 6.09 Å². The predicted molar refractivity (Wildman–Crippen MR) is 110 cm³/mol. The second-order valence-electron chi connectivity index (χ2n) is 8.32. The topological polar surface area (TPSA) is 93.5 Å². The molecule has 1 saturated carbocycles. The van der Waals surface area contributed by atoms with Crippen LogP contribution in [0, 0.1) is 6.92 Å². The van der Waals surface area contributed by atoms with Crippen LogP contribution in [0.4, 0.5) is 9.18 Å². The van der Waals surface area contributed by atoms with Crippen molar-refractivity contribution in [2.75, 3.05) is 13.1 Å². The number of rotatable bonds is 5. The molecular formula is C21H27FN6O3. The number of pyridine rings is 1. The van der Waals surface area contributed by atoms with Gasteiger partial charge < -0.3 is 14.5 Å². The number of piperidine rings is 1. The van der Waals surface area contributed by atoms with E-state index in [0.717, 1.165) is 12.8 Å². The highest BCUT2D eigenvalue weighted by molar-refractivity contribution is 5.94. The smallest absolute Gasteiger partial charge is 0.410 e.